The van der Waals surface area contributed by atoms with Crippen molar-refractivity contribution in [2.75, 3.05) is 12.3 Å². The normalized spacial score (nSPS) is 11.7. The van der Waals surface area contributed by atoms with Gasteiger partial charge in [0.25, 0.3) is 0 Å². The van der Waals surface area contributed by atoms with Gasteiger partial charge in [0.15, 0.2) is 0 Å². The van der Waals surface area contributed by atoms with Crippen molar-refractivity contribution in [3.63, 3.8) is 0 Å². The molecule has 0 aliphatic heterocycles. The number of carbonyl (C=O) groups excluding carboxylic acids is 1. The molecule has 148 valence electrons. The van der Waals surface area contributed by atoms with Crippen LogP contribution in [0.15, 0.2) is 34.3 Å². The van der Waals surface area contributed by atoms with Gasteiger partial charge in [-0.2, -0.15) is 0 Å². The molecule has 3 N–H and O–H groups in total. The molecular formula is C17H25N5O3S2. The Morgan fingerprint density at radius 2 is 1.96 bits per heavy atom. The average molecular weight is 412 g/mol. The molecule has 0 saturated carbocycles. The van der Waals surface area contributed by atoms with Crippen molar-refractivity contribution in [2.24, 2.45) is 0 Å². The number of nitrogens with one attached hydrogen (secondary N) is 3. The molecule has 0 fully saturated rings. The van der Waals surface area contributed by atoms with Crippen LogP contribution in [0.4, 0.5) is 0 Å². The Labute approximate surface area is 164 Å². The van der Waals surface area contributed by atoms with Crippen LogP contribution in [-0.2, 0) is 21.2 Å². The third kappa shape index (κ3) is 7.31. The number of hydrogen-bond acceptors (Lipinski definition) is 6. The van der Waals surface area contributed by atoms with Crippen LogP contribution in [0, 0.1) is 6.92 Å². The summed E-state index contributed by atoms with van der Waals surface area (Å²) in [5, 5.41) is 10.3. The average Bonchev–Trinajstić information content (AvgIpc) is 3.01. The second-order valence-electron chi connectivity index (χ2n) is 6.32. The molecule has 0 radical (unpaired) electrons. The first kappa shape index (κ1) is 21.4. The lowest BCUT2D eigenvalue weighted by Gasteiger charge is -2.10. The highest BCUT2D eigenvalue weighted by atomic mass is 32.2. The van der Waals surface area contributed by atoms with Crippen LogP contribution < -0.4 is 10.0 Å². The van der Waals surface area contributed by atoms with Gasteiger partial charge in [0.05, 0.1) is 4.90 Å². The number of rotatable bonds is 10. The number of aryl methyl sites for hydroxylation is 2. The Bertz CT molecular complexity index is 848. The van der Waals surface area contributed by atoms with Crippen molar-refractivity contribution in [3.05, 3.63) is 35.7 Å². The highest BCUT2D eigenvalue weighted by molar-refractivity contribution is 7.99. The third-order valence-corrected chi connectivity index (χ3v) is 6.02. The minimum atomic E-state index is -3.49. The molecule has 27 heavy (non-hydrogen) atoms. The largest absolute Gasteiger partial charge is 0.355 e. The summed E-state index contributed by atoms with van der Waals surface area (Å²) < 4.78 is 26.7. The Morgan fingerprint density at radius 3 is 2.56 bits per heavy atom. The SMILES string of the molecule is Cc1nc(SCCNC(=O)CCc2ccc(S(=O)(=O)NC(C)C)cc2)n[nH]1. The van der Waals surface area contributed by atoms with Crippen LogP contribution in [-0.4, -0.2) is 47.8 Å². The fraction of sp³-hybridized carbons (Fsp3) is 0.471. The number of carbonyl (C=O) groups is 1. The number of H-pyrrole nitrogens is 1. The van der Waals surface area contributed by atoms with E-state index in [1.807, 2.05) is 6.92 Å². The molecule has 1 heterocycles. The number of nitrogens with zero attached hydrogens (tertiary/aromatic N) is 2. The maximum Gasteiger partial charge on any atom is 0.240 e. The fourth-order valence-electron chi connectivity index (χ4n) is 2.28. The lowest BCUT2D eigenvalue weighted by molar-refractivity contribution is -0.120. The zero-order chi connectivity index (χ0) is 19.9. The topological polar surface area (TPSA) is 117 Å². The number of benzene rings is 1. The molecule has 0 unspecified atom stereocenters. The van der Waals surface area contributed by atoms with Crippen molar-refractivity contribution in [1.29, 1.82) is 0 Å². The van der Waals surface area contributed by atoms with E-state index in [9.17, 15) is 13.2 Å². The van der Waals surface area contributed by atoms with E-state index in [1.165, 1.54) is 11.8 Å². The van der Waals surface area contributed by atoms with E-state index in [1.54, 1.807) is 38.1 Å². The van der Waals surface area contributed by atoms with Gasteiger partial charge in [0, 0.05) is 24.8 Å². The Balaban J connectivity index is 1.71. The molecule has 8 nitrogen and oxygen atoms in total. The molecule has 1 aromatic heterocycles. The Hall–Kier alpha value is -1.91. The second-order valence-corrected chi connectivity index (χ2v) is 9.10. The molecule has 0 saturated heterocycles. The molecule has 0 spiro atoms. The Kier molecular flexibility index (Phi) is 7.81. The maximum absolute atomic E-state index is 12.1. The van der Waals surface area contributed by atoms with Crippen molar-refractivity contribution in [2.45, 2.75) is 49.7 Å². The Morgan fingerprint density at radius 1 is 1.26 bits per heavy atom. The van der Waals surface area contributed by atoms with Crippen molar-refractivity contribution < 1.29 is 13.2 Å². The van der Waals surface area contributed by atoms with Gasteiger partial charge < -0.3 is 5.32 Å². The first-order valence-corrected chi connectivity index (χ1v) is 11.1. The maximum atomic E-state index is 12.1. The van der Waals surface area contributed by atoms with Crippen LogP contribution in [0.25, 0.3) is 0 Å². The highest BCUT2D eigenvalue weighted by Crippen LogP contribution is 2.13. The van der Waals surface area contributed by atoms with Gasteiger partial charge >= 0.3 is 0 Å². The van der Waals surface area contributed by atoms with Gasteiger partial charge in [0.2, 0.25) is 21.1 Å². The van der Waals surface area contributed by atoms with Gasteiger partial charge in [-0.15, -0.1) is 5.10 Å². The number of sulfonamides is 1. The van der Waals surface area contributed by atoms with E-state index in [4.69, 9.17) is 0 Å². The molecule has 0 aliphatic carbocycles. The summed E-state index contributed by atoms with van der Waals surface area (Å²) in [6, 6.07) is 6.44. The number of aromatic nitrogens is 3. The minimum absolute atomic E-state index is 0.0417. The van der Waals surface area contributed by atoms with Gasteiger partial charge in [-0.1, -0.05) is 23.9 Å². The molecule has 0 atom stereocenters. The molecule has 10 heteroatoms. The van der Waals surface area contributed by atoms with E-state index in [2.05, 4.69) is 25.2 Å². The molecule has 2 rings (SSSR count). The lowest BCUT2D eigenvalue weighted by atomic mass is 10.1. The van der Waals surface area contributed by atoms with Crippen LogP contribution >= 0.6 is 11.8 Å². The van der Waals surface area contributed by atoms with E-state index < -0.39 is 10.0 Å². The quantitative estimate of drug-likeness (QED) is 0.404. The predicted molar refractivity (Wildman–Crippen MR) is 105 cm³/mol. The lowest BCUT2D eigenvalue weighted by Crippen LogP contribution is -2.30. The van der Waals surface area contributed by atoms with Gasteiger partial charge in [-0.25, -0.2) is 18.1 Å². The molecule has 0 bridgehead atoms. The van der Waals surface area contributed by atoms with Crippen LogP contribution in [0.3, 0.4) is 0 Å². The van der Waals surface area contributed by atoms with Crippen molar-refractivity contribution in [3.8, 4) is 0 Å². The summed E-state index contributed by atoms with van der Waals surface area (Å²) in [4.78, 5) is 16.3. The van der Waals surface area contributed by atoms with Crippen LogP contribution in [0.5, 0.6) is 0 Å². The second kappa shape index (κ2) is 9.86. The first-order chi connectivity index (χ1) is 12.8. The molecule has 0 aliphatic rings. The zero-order valence-electron chi connectivity index (χ0n) is 15.7. The van der Waals surface area contributed by atoms with E-state index in [0.717, 1.165) is 11.4 Å². The number of aromatic amines is 1. The molecule has 1 amide bonds. The summed E-state index contributed by atoms with van der Waals surface area (Å²) in [5.41, 5.74) is 0.916. The van der Waals surface area contributed by atoms with Gasteiger partial charge in [0.1, 0.15) is 5.82 Å². The standard InChI is InChI=1S/C17H25N5O3S2/c1-12(2)22-27(24,25)15-7-4-14(5-8-15)6-9-16(23)18-10-11-26-17-19-13(3)20-21-17/h4-5,7-8,12,22H,6,9-11H2,1-3H3,(H,18,23)(H,19,20,21). The summed E-state index contributed by atoms with van der Waals surface area (Å²) >= 11 is 1.47. The molecular weight excluding hydrogens is 386 g/mol. The van der Waals surface area contributed by atoms with E-state index in [-0.39, 0.29) is 16.8 Å². The van der Waals surface area contributed by atoms with Crippen molar-refractivity contribution >= 4 is 27.7 Å². The summed E-state index contributed by atoms with van der Waals surface area (Å²) in [7, 11) is -3.49. The number of hydrogen-bond donors (Lipinski definition) is 3. The van der Waals surface area contributed by atoms with Crippen LogP contribution in [0.1, 0.15) is 31.7 Å². The zero-order valence-corrected chi connectivity index (χ0v) is 17.3. The third-order valence-electron chi connectivity index (χ3n) is 3.50. The number of thioether (sulfide) groups is 1. The summed E-state index contributed by atoms with van der Waals surface area (Å²) in [6.45, 7) is 5.92. The summed E-state index contributed by atoms with van der Waals surface area (Å²) in [6.07, 6.45) is 0.901. The highest BCUT2D eigenvalue weighted by Gasteiger charge is 2.15. The predicted octanol–water partition coefficient (Wildman–Crippen LogP) is 1.64. The van der Waals surface area contributed by atoms with Crippen LogP contribution in [0.2, 0.25) is 0 Å². The monoisotopic (exact) mass is 411 g/mol. The molecule has 2 aromatic rings. The van der Waals surface area contributed by atoms with E-state index >= 15 is 0 Å². The van der Waals surface area contributed by atoms with Crippen molar-refractivity contribution in [1.82, 2.24) is 25.2 Å². The smallest absolute Gasteiger partial charge is 0.240 e. The first-order valence-electron chi connectivity index (χ1n) is 8.66. The number of amides is 1. The van der Waals surface area contributed by atoms with Gasteiger partial charge in [-0.3, -0.25) is 9.89 Å². The van der Waals surface area contributed by atoms with E-state index in [0.29, 0.717) is 30.3 Å². The fourth-order valence-corrected chi connectivity index (χ4v) is 4.23. The summed E-state index contributed by atoms with van der Waals surface area (Å²) in [5.74, 6) is 1.42. The van der Waals surface area contributed by atoms with Gasteiger partial charge in [-0.05, 0) is 44.9 Å². The molecule has 1 aromatic carbocycles. The minimum Gasteiger partial charge on any atom is -0.355 e.